The van der Waals surface area contributed by atoms with Crippen molar-refractivity contribution in [1.82, 2.24) is 4.90 Å². The maximum absolute atomic E-state index is 12.3. The molecular weight excluding hydrogens is 228 g/mol. The van der Waals surface area contributed by atoms with Crippen LogP contribution in [0.2, 0.25) is 0 Å². The molecular formula is C12H21F2NO2. The number of aliphatic hydroxyl groups is 1. The van der Waals surface area contributed by atoms with Crippen LogP contribution in [0.5, 0.6) is 0 Å². The summed E-state index contributed by atoms with van der Waals surface area (Å²) < 4.78 is 24.5. The van der Waals surface area contributed by atoms with Gasteiger partial charge in [-0.1, -0.05) is 19.3 Å². The Hall–Kier alpha value is -0.550. The van der Waals surface area contributed by atoms with Gasteiger partial charge in [0.1, 0.15) is 5.78 Å². The first-order valence-electron chi connectivity index (χ1n) is 6.27. The summed E-state index contributed by atoms with van der Waals surface area (Å²) in [7, 11) is 0. The highest BCUT2D eigenvalue weighted by atomic mass is 19.3. The lowest BCUT2D eigenvalue weighted by molar-refractivity contribution is -0.125. The molecule has 0 aliphatic heterocycles. The van der Waals surface area contributed by atoms with E-state index < -0.39 is 13.0 Å². The molecule has 1 fully saturated rings. The standard InChI is InChI=1S/C12H21F2NO2/c13-12(14)9-15(6-7-16)8-11(17)10-4-2-1-3-5-10/h10,12,16H,1-9H2. The number of aliphatic hydroxyl groups excluding tert-OH is 1. The minimum Gasteiger partial charge on any atom is -0.395 e. The first-order valence-corrected chi connectivity index (χ1v) is 6.27. The number of halogens is 2. The molecule has 0 radical (unpaired) electrons. The van der Waals surface area contributed by atoms with Gasteiger partial charge in [0.05, 0.1) is 19.7 Å². The lowest BCUT2D eigenvalue weighted by atomic mass is 9.86. The lowest BCUT2D eigenvalue weighted by Crippen LogP contribution is -2.38. The van der Waals surface area contributed by atoms with Crippen molar-refractivity contribution in [3.63, 3.8) is 0 Å². The number of carbonyl (C=O) groups is 1. The number of alkyl halides is 2. The van der Waals surface area contributed by atoms with E-state index >= 15 is 0 Å². The Labute approximate surface area is 101 Å². The maximum Gasteiger partial charge on any atom is 0.251 e. The van der Waals surface area contributed by atoms with E-state index in [9.17, 15) is 13.6 Å². The molecule has 1 aliphatic rings. The molecule has 1 N–H and O–H groups in total. The Morgan fingerprint density at radius 1 is 1.29 bits per heavy atom. The summed E-state index contributed by atoms with van der Waals surface area (Å²) in [6.45, 7) is -0.429. The summed E-state index contributed by atoms with van der Waals surface area (Å²) in [5, 5.41) is 8.77. The molecule has 0 saturated heterocycles. The minimum atomic E-state index is -2.46. The second-order valence-electron chi connectivity index (χ2n) is 4.65. The molecule has 5 heteroatoms. The third kappa shape index (κ3) is 5.55. The largest absolute Gasteiger partial charge is 0.395 e. The molecule has 1 aliphatic carbocycles. The molecule has 0 bridgehead atoms. The average Bonchev–Trinajstić information content (AvgIpc) is 2.29. The van der Waals surface area contributed by atoms with Crippen LogP contribution in [0.4, 0.5) is 8.78 Å². The van der Waals surface area contributed by atoms with Crippen LogP contribution in [0.1, 0.15) is 32.1 Å². The Balaban J connectivity index is 2.38. The van der Waals surface area contributed by atoms with E-state index in [0.29, 0.717) is 0 Å². The highest BCUT2D eigenvalue weighted by molar-refractivity contribution is 5.83. The first kappa shape index (κ1) is 14.5. The Kier molecular flexibility index (Phi) is 6.58. The minimum absolute atomic E-state index is 0.0441. The summed E-state index contributed by atoms with van der Waals surface area (Å²) >= 11 is 0. The molecule has 0 aromatic carbocycles. The van der Waals surface area contributed by atoms with E-state index in [1.165, 1.54) is 11.3 Å². The van der Waals surface area contributed by atoms with Crippen LogP contribution < -0.4 is 0 Å². The van der Waals surface area contributed by atoms with Gasteiger partial charge in [0.15, 0.2) is 0 Å². The number of rotatable bonds is 7. The fourth-order valence-corrected chi connectivity index (χ4v) is 2.35. The normalized spacial score (nSPS) is 17.9. The molecule has 0 aromatic rings. The van der Waals surface area contributed by atoms with Gasteiger partial charge in [0.2, 0.25) is 0 Å². The van der Waals surface area contributed by atoms with Crippen molar-refractivity contribution in [2.24, 2.45) is 5.92 Å². The zero-order valence-corrected chi connectivity index (χ0v) is 10.1. The highest BCUT2D eigenvalue weighted by Crippen LogP contribution is 2.24. The number of nitrogens with zero attached hydrogens (tertiary/aromatic N) is 1. The molecule has 17 heavy (non-hydrogen) atoms. The summed E-state index contributed by atoms with van der Waals surface area (Å²) in [5.41, 5.74) is 0. The highest BCUT2D eigenvalue weighted by Gasteiger charge is 2.23. The summed E-state index contributed by atoms with van der Waals surface area (Å²) in [6.07, 6.45) is 2.61. The zero-order chi connectivity index (χ0) is 12.7. The smallest absolute Gasteiger partial charge is 0.251 e. The van der Waals surface area contributed by atoms with E-state index in [1.54, 1.807) is 0 Å². The molecule has 1 saturated carbocycles. The van der Waals surface area contributed by atoms with Gasteiger partial charge < -0.3 is 5.11 Å². The van der Waals surface area contributed by atoms with Crippen LogP contribution in [0.25, 0.3) is 0 Å². The van der Waals surface area contributed by atoms with Gasteiger partial charge in [-0.2, -0.15) is 0 Å². The van der Waals surface area contributed by atoms with Crippen LogP contribution in [0, 0.1) is 5.92 Å². The molecule has 100 valence electrons. The Morgan fingerprint density at radius 2 is 1.94 bits per heavy atom. The first-order chi connectivity index (χ1) is 8.13. The number of carbonyl (C=O) groups excluding carboxylic acids is 1. The van der Waals surface area contributed by atoms with E-state index in [-0.39, 0.29) is 31.4 Å². The van der Waals surface area contributed by atoms with Gasteiger partial charge in [-0.3, -0.25) is 9.69 Å². The predicted octanol–water partition coefficient (Wildman–Crippen LogP) is 1.70. The maximum atomic E-state index is 12.3. The zero-order valence-electron chi connectivity index (χ0n) is 10.1. The molecule has 0 aromatic heterocycles. The predicted molar refractivity (Wildman–Crippen MR) is 61.1 cm³/mol. The third-order valence-electron chi connectivity index (χ3n) is 3.25. The average molecular weight is 249 g/mol. The second-order valence-corrected chi connectivity index (χ2v) is 4.65. The summed E-state index contributed by atoms with van der Waals surface area (Å²) in [6, 6.07) is 0. The van der Waals surface area contributed by atoms with Crippen LogP contribution in [-0.4, -0.2) is 48.5 Å². The second kappa shape index (κ2) is 7.71. The van der Waals surface area contributed by atoms with E-state index in [1.807, 2.05) is 0 Å². The van der Waals surface area contributed by atoms with Gasteiger partial charge in [-0.05, 0) is 12.8 Å². The fraction of sp³-hybridized carbons (Fsp3) is 0.917. The fourth-order valence-electron chi connectivity index (χ4n) is 2.35. The monoisotopic (exact) mass is 249 g/mol. The van der Waals surface area contributed by atoms with Crippen LogP contribution in [-0.2, 0) is 4.79 Å². The van der Waals surface area contributed by atoms with Crippen molar-refractivity contribution in [2.75, 3.05) is 26.2 Å². The van der Waals surface area contributed by atoms with Gasteiger partial charge in [-0.25, -0.2) is 8.78 Å². The van der Waals surface area contributed by atoms with Crippen molar-refractivity contribution in [2.45, 2.75) is 38.5 Å². The number of ketones is 1. The third-order valence-corrected chi connectivity index (χ3v) is 3.25. The molecule has 3 nitrogen and oxygen atoms in total. The molecule has 0 spiro atoms. The van der Waals surface area contributed by atoms with Crippen LogP contribution in [0.15, 0.2) is 0 Å². The van der Waals surface area contributed by atoms with Crippen LogP contribution >= 0.6 is 0 Å². The lowest BCUT2D eigenvalue weighted by Gasteiger charge is -2.25. The van der Waals surface area contributed by atoms with E-state index in [0.717, 1.165) is 25.7 Å². The van der Waals surface area contributed by atoms with E-state index in [2.05, 4.69) is 0 Å². The molecule has 1 rings (SSSR count). The van der Waals surface area contributed by atoms with Crippen molar-refractivity contribution < 1.29 is 18.7 Å². The molecule has 0 atom stereocenters. The molecule has 0 amide bonds. The van der Waals surface area contributed by atoms with Gasteiger partial charge in [0, 0.05) is 12.5 Å². The Morgan fingerprint density at radius 3 is 2.47 bits per heavy atom. The number of hydrogen-bond acceptors (Lipinski definition) is 3. The van der Waals surface area contributed by atoms with E-state index in [4.69, 9.17) is 5.11 Å². The molecule has 0 unspecified atom stereocenters. The summed E-state index contributed by atoms with van der Waals surface area (Å²) in [4.78, 5) is 13.2. The van der Waals surface area contributed by atoms with Gasteiger partial charge >= 0.3 is 0 Å². The topological polar surface area (TPSA) is 40.5 Å². The molecule has 0 heterocycles. The van der Waals surface area contributed by atoms with Crippen molar-refractivity contribution >= 4 is 5.78 Å². The SMILES string of the molecule is O=C(CN(CCO)CC(F)F)C1CCCCC1. The summed E-state index contributed by atoms with van der Waals surface area (Å²) in [5.74, 6) is 0.0985. The van der Waals surface area contributed by atoms with Gasteiger partial charge in [0.25, 0.3) is 6.43 Å². The van der Waals surface area contributed by atoms with Crippen molar-refractivity contribution in [1.29, 1.82) is 0 Å². The van der Waals surface area contributed by atoms with Crippen LogP contribution in [0.3, 0.4) is 0 Å². The number of Topliss-reactive ketones (excluding diaryl/α,β-unsaturated/α-hetero) is 1. The van der Waals surface area contributed by atoms with Crippen molar-refractivity contribution in [3.8, 4) is 0 Å². The van der Waals surface area contributed by atoms with Gasteiger partial charge in [-0.15, -0.1) is 0 Å². The number of hydrogen-bond donors (Lipinski definition) is 1. The van der Waals surface area contributed by atoms with Crippen molar-refractivity contribution in [3.05, 3.63) is 0 Å². The quantitative estimate of drug-likeness (QED) is 0.746. The Bertz CT molecular complexity index is 231.